The summed E-state index contributed by atoms with van der Waals surface area (Å²) >= 11 is 0. The first-order valence-corrected chi connectivity index (χ1v) is 9.65. The van der Waals surface area contributed by atoms with E-state index < -0.39 is 0 Å². The molecule has 0 spiro atoms. The first-order valence-electron chi connectivity index (χ1n) is 9.65. The number of ether oxygens (including phenoxy) is 2. The Morgan fingerprint density at radius 2 is 0.897 bits per heavy atom. The van der Waals surface area contributed by atoms with Crippen LogP contribution in [0.2, 0.25) is 0 Å². The van der Waals surface area contributed by atoms with Crippen molar-refractivity contribution in [3.63, 3.8) is 0 Å². The maximum Gasteiger partial charge on any atom is 0.131 e. The van der Waals surface area contributed by atoms with Crippen molar-refractivity contribution in [3.8, 4) is 23.0 Å². The van der Waals surface area contributed by atoms with Gasteiger partial charge in [-0.2, -0.15) is 0 Å². The molecule has 0 aliphatic heterocycles. The second-order valence-electron chi connectivity index (χ2n) is 6.55. The van der Waals surface area contributed by atoms with Gasteiger partial charge in [0.25, 0.3) is 0 Å². The quantitative estimate of drug-likeness (QED) is 0.332. The third-order valence-corrected chi connectivity index (χ3v) is 4.62. The van der Waals surface area contributed by atoms with Crippen LogP contribution in [0.15, 0.2) is 109 Å². The van der Waals surface area contributed by atoms with Gasteiger partial charge >= 0.3 is 0 Å². The standard InChI is InChI=1S/C27H22O2/c1-2-23(24-17-9-11-19-26(24)28-21-13-5-3-6-14-21)25-18-10-12-20-27(25)29-22-15-7-4-8-16-22/h3-20H,1-2H2. The predicted octanol–water partition coefficient (Wildman–Crippen LogP) is 7.47. The third-order valence-electron chi connectivity index (χ3n) is 4.62. The Morgan fingerprint density at radius 3 is 1.31 bits per heavy atom. The summed E-state index contributed by atoms with van der Waals surface area (Å²) < 4.78 is 12.4. The normalized spacial score (nSPS) is 10.7. The van der Waals surface area contributed by atoms with Gasteiger partial charge in [-0.3, -0.25) is 0 Å². The summed E-state index contributed by atoms with van der Waals surface area (Å²) in [4.78, 5) is 0. The van der Waals surface area contributed by atoms with Crippen LogP contribution in [-0.4, -0.2) is 0 Å². The van der Waals surface area contributed by atoms with Crippen molar-refractivity contribution in [1.82, 2.24) is 0 Å². The van der Waals surface area contributed by atoms with E-state index in [4.69, 9.17) is 9.47 Å². The lowest BCUT2D eigenvalue weighted by molar-refractivity contribution is 0.473. The lowest BCUT2D eigenvalue weighted by Crippen LogP contribution is -2.05. The van der Waals surface area contributed by atoms with Crippen molar-refractivity contribution < 1.29 is 9.47 Å². The van der Waals surface area contributed by atoms with Gasteiger partial charge in [0, 0.05) is 17.0 Å². The molecule has 2 heteroatoms. The fourth-order valence-corrected chi connectivity index (χ4v) is 3.26. The smallest absolute Gasteiger partial charge is 0.131 e. The molecule has 0 amide bonds. The monoisotopic (exact) mass is 378 g/mol. The Kier molecular flexibility index (Phi) is 5.92. The van der Waals surface area contributed by atoms with E-state index >= 15 is 0 Å². The molecule has 4 aromatic carbocycles. The zero-order chi connectivity index (χ0) is 19.9. The van der Waals surface area contributed by atoms with Gasteiger partial charge in [-0.1, -0.05) is 79.7 Å². The SMILES string of the molecule is [CH2]C[C](c1ccccc1Oc1ccccc1)c1ccccc1Oc1ccccc1. The molecule has 4 rings (SSSR count). The largest absolute Gasteiger partial charge is 0.457 e. The maximum atomic E-state index is 6.18. The average molecular weight is 378 g/mol. The van der Waals surface area contributed by atoms with Crippen molar-refractivity contribution >= 4 is 0 Å². The lowest BCUT2D eigenvalue weighted by Gasteiger charge is -2.21. The number of rotatable bonds is 7. The number of hydrogen-bond donors (Lipinski definition) is 0. The highest BCUT2D eigenvalue weighted by molar-refractivity contribution is 5.58. The van der Waals surface area contributed by atoms with Crippen LogP contribution < -0.4 is 9.47 Å². The minimum Gasteiger partial charge on any atom is -0.457 e. The summed E-state index contributed by atoms with van der Waals surface area (Å²) in [6.45, 7) is 4.19. The minimum absolute atomic E-state index is 0.602. The van der Waals surface area contributed by atoms with Gasteiger partial charge in [-0.25, -0.2) is 0 Å². The summed E-state index contributed by atoms with van der Waals surface area (Å²) in [6.07, 6.45) is 0.602. The van der Waals surface area contributed by atoms with Crippen molar-refractivity contribution in [3.05, 3.63) is 133 Å². The van der Waals surface area contributed by atoms with E-state index in [1.54, 1.807) is 0 Å². The highest BCUT2D eigenvalue weighted by atomic mass is 16.5. The molecule has 0 saturated carbocycles. The summed E-state index contributed by atoms with van der Waals surface area (Å²) in [5, 5.41) is 0. The molecular weight excluding hydrogens is 356 g/mol. The van der Waals surface area contributed by atoms with Crippen molar-refractivity contribution in [2.45, 2.75) is 6.42 Å². The molecule has 29 heavy (non-hydrogen) atoms. The number of para-hydroxylation sites is 4. The van der Waals surface area contributed by atoms with Crippen LogP contribution in [0.25, 0.3) is 0 Å². The molecule has 4 aromatic rings. The molecule has 0 aliphatic carbocycles. The predicted molar refractivity (Wildman–Crippen MR) is 117 cm³/mol. The fourth-order valence-electron chi connectivity index (χ4n) is 3.26. The number of benzene rings is 4. The van der Waals surface area contributed by atoms with Crippen LogP contribution in [0.5, 0.6) is 23.0 Å². The summed E-state index contributed by atoms with van der Waals surface area (Å²) in [5.41, 5.74) is 2.02. The second-order valence-corrected chi connectivity index (χ2v) is 6.55. The zero-order valence-corrected chi connectivity index (χ0v) is 16.1. The second kappa shape index (κ2) is 9.11. The van der Waals surface area contributed by atoms with Crippen LogP contribution >= 0.6 is 0 Å². The Balaban J connectivity index is 1.70. The Bertz CT molecular complexity index is 957. The van der Waals surface area contributed by atoms with Gasteiger partial charge < -0.3 is 9.47 Å². The molecule has 0 bridgehead atoms. The Labute approximate surface area is 172 Å². The molecule has 0 N–H and O–H groups in total. The van der Waals surface area contributed by atoms with E-state index in [9.17, 15) is 0 Å². The molecule has 2 nitrogen and oxygen atoms in total. The molecule has 0 aromatic heterocycles. The van der Waals surface area contributed by atoms with Gasteiger partial charge in [0.2, 0.25) is 0 Å². The van der Waals surface area contributed by atoms with Crippen molar-refractivity contribution in [1.29, 1.82) is 0 Å². The third kappa shape index (κ3) is 4.49. The highest BCUT2D eigenvalue weighted by Gasteiger charge is 2.21. The summed E-state index contributed by atoms with van der Waals surface area (Å²) in [6, 6.07) is 35.7. The topological polar surface area (TPSA) is 18.5 Å². The molecule has 0 heterocycles. The van der Waals surface area contributed by atoms with Gasteiger partial charge in [0.05, 0.1) is 0 Å². The first kappa shape index (κ1) is 18.8. The van der Waals surface area contributed by atoms with Gasteiger partial charge in [-0.15, -0.1) is 0 Å². The van der Waals surface area contributed by atoms with Crippen molar-refractivity contribution in [2.24, 2.45) is 0 Å². The van der Waals surface area contributed by atoms with Crippen LogP contribution in [0, 0.1) is 12.8 Å². The first-order chi connectivity index (χ1) is 14.3. The van der Waals surface area contributed by atoms with E-state index in [1.165, 1.54) is 0 Å². The highest BCUT2D eigenvalue weighted by Crippen LogP contribution is 2.40. The average Bonchev–Trinajstić information content (AvgIpc) is 2.78. The van der Waals surface area contributed by atoms with Gasteiger partial charge in [0.1, 0.15) is 23.0 Å². The zero-order valence-electron chi connectivity index (χ0n) is 16.1. The number of hydrogen-bond acceptors (Lipinski definition) is 2. The minimum atomic E-state index is 0.602. The van der Waals surface area contributed by atoms with Gasteiger partial charge in [-0.05, 0) is 42.8 Å². The molecule has 0 atom stereocenters. The molecule has 142 valence electrons. The molecule has 0 aliphatic rings. The molecule has 2 radical (unpaired) electrons. The van der Waals surface area contributed by atoms with E-state index in [-0.39, 0.29) is 0 Å². The van der Waals surface area contributed by atoms with Crippen LogP contribution in [0.4, 0.5) is 0 Å². The molecule has 0 saturated heterocycles. The molecular formula is C27H22O2. The fraction of sp³-hybridized carbons (Fsp3) is 0.0370. The lowest BCUT2D eigenvalue weighted by atomic mass is 9.88. The molecule has 0 fully saturated rings. The summed E-state index contributed by atoms with van der Waals surface area (Å²) in [5.74, 6) is 4.27. The van der Waals surface area contributed by atoms with Crippen LogP contribution in [-0.2, 0) is 0 Å². The van der Waals surface area contributed by atoms with Gasteiger partial charge in [0.15, 0.2) is 0 Å². The van der Waals surface area contributed by atoms with E-state index in [0.717, 1.165) is 40.0 Å². The van der Waals surface area contributed by atoms with E-state index in [1.807, 2.05) is 97.1 Å². The summed E-state index contributed by atoms with van der Waals surface area (Å²) in [7, 11) is 0. The van der Waals surface area contributed by atoms with Crippen molar-refractivity contribution in [2.75, 3.05) is 0 Å². The van der Waals surface area contributed by atoms with Crippen LogP contribution in [0.1, 0.15) is 17.5 Å². The van der Waals surface area contributed by atoms with E-state index in [2.05, 4.69) is 19.1 Å². The Hall–Kier alpha value is -3.52. The molecule has 0 unspecified atom stereocenters. The van der Waals surface area contributed by atoms with E-state index in [0.29, 0.717) is 6.42 Å². The Morgan fingerprint density at radius 1 is 0.517 bits per heavy atom. The van der Waals surface area contributed by atoms with Crippen LogP contribution in [0.3, 0.4) is 0 Å². The maximum absolute atomic E-state index is 6.18.